The Labute approximate surface area is 182 Å². The summed E-state index contributed by atoms with van der Waals surface area (Å²) in [7, 11) is 0. The number of halogens is 2. The van der Waals surface area contributed by atoms with Crippen LogP contribution in [0.2, 0.25) is 5.02 Å². The van der Waals surface area contributed by atoms with Gasteiger partial charge in [-0.1, -0.05) is 23.7 Å². The molecule has 1 N–H and O–H groups in total. The van der Waals surface area contributed by atoms with Gasteiger partial charge in [0.25, 0.3) is 0 Å². The number of nitrogens with one attached hydrogen (secondary N) is 1. The van der Waals surface area contributed by atoms with E-state index in [9.17, 15) is 14.0 Å². The molecule has 1 aliphatic rings. The zero-order valence-electron chi connectivity index (χ0n) is 16.6. The summed E-state index contributed by atoms with van der Waals surface area (Å²) in [5.41, 5.74) is 1.13. The molecule has 162 valence electrons. The molecule has 8 nitrogen and oxygen atoms in total. The lowest BCUT2D eigenvalue weighted by Crippen LogP contribution is -2.49. The maximum Gasteiger partial charge on any atom is 0.438 e. The number of carbonyl (C=O) groups is 1. The normalized spacial score (nSPS) is 15.2. The third-order valence-corrected chi connectivity index (χ3v) is 5.34. The monoisotopic (exact) mass is 445 g/mol. The molecule has 1 aliphatic heterocycles. The van der Waals surface area contributed by atoms with Gasteiger partial charge in [0.15, 0.2) is 0 Å². The van der Waals surface area contributed by atoms with E-state index in [2.05, 4.69) is 15.3 Å². The van der Waals surface area contributed by atoms with Crippen molar-refractivity contribution >= 4 is 23.2 Å². The molecule has 0 unspecified atom stereocenters. The van der Waals surface area contributed by atoms with E-state index in [0.29, 0.717) is 42.5 Å². The summed E-state index contributed by atoms with van der Waals surface area (Å²) in [5.74, 6) is -0.914. The highest BCUT2D eigenvalue weighted by Gasteiger charge is 2.21. The van der Waals surface area contributed by atoms with Gasteiger partial charge < -0.3 is 9.73 Å². The van der Waals surface area contributed by atoms with Crippen LogP contribution in [0.5, 0.6) is 0 Å². The number of piperazine rings is 1. The summed E-state index contributed by atoms with van der Waals surface area (Å²) in [6, 6.07) is 12.7. The number of benzene rings is 2. The predicted octanol–water partition coefficient (Wildman–Crippen LogP) is 2.51. The number of para-hydroxylation sites is 1. The van der Waals surface area contributed by atoms with Gasteiger partial charge in [0.05, 0.1) is 17.3 Å². The second-order valence-corrected chi connectivity index (χ2v) is 7.65. The van der Waals surface area contributed by atoms with Crippen molar-refractivity contribution in [2.75, 3.05) is 38.0 Å². The van der Waals surface area contributed by atoms with E-state index in [1.165, 1.54) is 28.9 Å². The quantitative estimate of drug-likeness (QED) is 0.627. The highest BCUT2D eigenvalue weighted by molar-refractivity contribution is 6.33. The lowest BCUT2D eigenvalue weighted by Gasteiger charge is -2.33. The molecule has 0 atom stereocenters. The number of hydrogen-bond acceptors (Lipinski definition) is 6. The minimum absolute atomic E-state index is 0.127. The van der Waals surface area contributed by atoms with Gasteiger partial charge >= 0.3 is 5.76 Å². The maximum absolute atomic E-state index is 13.1. The number of amides is 1. The van der Waals surface area contributed by atoms with Gasteiger partial charge in [0.2, 0.25) is 11.8 Å². The number of rotatable bonds is 6. The molecule has 0 aliphatic carbocycles. The molecule has 2 aromatic carbocycles. The first-order chi connectivity index (χ1) is 15.0. The first-order valence-electron chi connectivity index (χ1n) is 9.81. The van der Waals surface area contributed by atoms with Crippen LogP contribution in [0.25, 0.3) is 11.5 Å². The summed E-state index contributed by atoms with van der Waals surface area (Å²) in [6.45, 7) is 3.23. The Morgan fingerprint density at radius 3 is 2.45 bits per heavy atom. The average Bonchev–Trinajstić information content (AvgIpc) is 3.12. The lowest BCUT2D eigenvalue weighted by molar-refractivity contribution is -0.117. The van der Waals surface area contributed by atoms with Gasteiger partial charge in [0, 0.05) is 31.7 Å². The molecular weight excluding hydrogens is 425 g/mol. The molecule has 1 fully saturated rings. The summed E-state index contributed by atoms with van der Waals surface area (Å²) in [6.07, 6.45) is 0. The van der Waals surface area contributed by atoms with Gasteiger partial charge in [-0.2, -0.15) is 4.68 Å². The van der Waals surface area contributed by atoms with Crippen molar-refractivity contribution in [1.29, 1.82) is 0 Å². The molecule has 2 heterocycles. The molecule has 1 aromatic heterocycles. The Bertz CT molecular complexity index is 1110. The van der Waals surface area contributed by atoms with Crippen molar-refractivity contribution in [3.05, 3.63) is 69.9 Å². The molecule has 0 spiro atoms. The lowest BCUT2D eigenvalue weighted by atomic mass is 10.2. The van der Waals surface area contributed by atoms with Gasteiger partial charge in [0.1, 0.15) is 12.5 Å². The standard InChI is InChI=1S/C21H21ClFN5O3/c22-17-3-1-2-4-18(17)24-19(29)13-26-9-11-27(12-10-26)14-28-21(30)31-20(25-28)15-5-7-16(23)8-6-15/h1-8H,9-14H2,(H,24,29). The number of aromatic nitrogens is 2. The minimum atomic E-state index is -0.569. The summed E-state index contributed by atoms with van der Waals surface area (Å²) >= 11 is 6.07. The smallest absolute Gasteiger partial charge is 0.388 e. The zero-order valence-corrected chi connectivity index (χ0v) is 17.4. The Balaban J connectivity index is 1.28. The van der Waals surface area contributed by atoms with Gasteiger partial charge in [-0.05, 0) is 36.4 Å². The fourth-order valence-electron chi connectivity index (χ4n) is 3.34. The Morgan fingerprint density at radius 1 is 1.06 bits per heavy atom. The van der Waals surface area contributed by atoms with Crippen LogP contribution in [-0.4, -0.2) is 58.2 Å². The van der Waals surface area contributed by atoms with E-state index >= 15 is 0 Å². The molecule has 1 saturated heterocycles. The molecule has 3 aromatic rings. The van der Waals surface area contributed by atoms with Gasteiger partial charge in [-0.15, -0.1) is 5.10 Å². The first-order valence-corrected chi connectivity index (χ1v) is 10.2. The van der Waals surface area contributed by atoms with Crippen LogP contribution < -0.4 is 11.1 Å². The molecule has 31 heavy (non-hydrogen) atoms. The minimum Gasteiger partial charge on any atom is -0.388 e. The highest BCUT2D eigenvalue weighted by Crippen LogP contribution is 2.20. The van der Waals surface area contributed by atoms with Crippen molar-refractivity contribution < 1.29 is 13.6 Å². The number of hydrogen-bond donors (Lipinski definition) is 1. The molecular formula is C21H21ClFN5O3. The van der Waals surface area contributed by atoms with Crippen LogP contribution in [0.3, 0.4) is 0 Å². The Hall–Kier alpha value is -3.01. The van der Waals surface area contributed by atoms with Crippen molar-refractivity contribution in [2.24, 2.45) is 0 Å². The Morgan fingerprint density at radius 2 is 1.74 bits per heavy atom. The summed E-state index contributed by atoms with van der Waals surface area (Å²) < 4.78 is 19.5. The fraction of sp³-hybridized carbons (Fsp3) is 0.286. The molecule has 0 saturated carbocycles. The van der Waals surface area contributed by atoms with E-state index in [1.807, 2.05) is 11.0 Å². The van der Waals surface area contributed by atoms with Gasteiger partial charge in [-0.25, -0.2) is 9.18 Å². The predicted molar refractivity (Wildman–Crippen MR) is 114 cm³/mol. The van der Waals surface area contributed by atoms with E-state index in [-0.39, 0.29) is 30.8 Å². The van der Waals surface area contributed by atoms with E-state index in [0.717, 1.165) is 0 Å². The van der Waals surface area contributed by atoms with Crippen molar-refractivity contribution in [1.82, 2.24) is 19.6 Å². The van der Waals surface area contributed by atoms with Crippen LogP contribution in [-0.2, 0) is 11.5 Å². The van der Waals surface area contributed by atoms with Crippen molar-refractivity contribution in [3.63, 3.8) is 0 Å². The molecule has 4 rings (SSSR count). The highest BCUT2D eigenvalue weighted by atomic mass is 35.5. The average molecular weight is 446 g/mol. The zero-order chi connectivity index (χ0) is 21.8. The van der Waals surface area contributed by atoms with Crippen molar-refractivity contribution in [2.45, 2.75) is 6.67 Å². The van der Waals surface area contributed by atoms with Crippen LogP contribution in [0.1, 0.15) is 0 Å². The number of anilines is 1. The molecule has 10 heteroatoms. The summed E-state index contributed by atoms with van der Waals surface area (Å²) in [5, 5.41) is 7.53. The van der Waals surface area contributed by atoms with Crippen molar-refractivity contribution in [3.8, 4) is 11.5 Å². The largest absolute Gasteiger partial charge is 0.438 e. The fourth-order valence-corrected chi connectivity index (χ4v) is 3.52. The second-order valence-electron chi connectivity index (χ2n) is 7.24. The maximum atomic E-state index is 13.1. The van der Waals surface area contributed by atoms with Crippen LogP contribution >= 0.6 is 11.6 Å². The number of nitrogens with zero attached hydrogens (tertiary/aromatic N) is 4. The van der Waals surface area contributed by atoms with E-state index in [1.54, 1.807) is 18.2 Å². The third-order valence-electron chi connectivity index (χ3n) is 5.01. The van der Waals surface area contributed by atoms with Crippen LogP contribution in [0, 0.1) is 5.82 Å². The second kappa shape index (κ2) is 9.42. The molecule has 0 bridgehead atoms. The number of carbonyl (C=O) groups excluding carboxylic acids is 1. The van der Waals surface area contributed by atoms with E-state index in [4.69, 9.17) is 16.0 Å². The first kappa shape index (κ1) is 21.2. The molecule has 0 radical (unpaired) electrons. The molecule has 1 amide bonds. The van der Waals surface area contributed by atoms with Crippen LogP contribution in [0.4, 0.5) is 10.1 Å². The van der Waals surface area contributed by atoms with Gasteiger partial charge in [-0.3, -0.25) is 14.6 Å². The SMILES string of the molecule is O=C(CN1CCN(Cn2nc(-c3ccc(F)cc3)oc2=O)CC1)Nc1ccccc1Cl. The Kier molecular flexibility index (Phi) is 6.45. The van der Waals surface area contributed by atoms with E-state index < -0.39 is 5.76 Å². The van der Waals surface area contributed by atoms with Crippen LogP contribution in [0.15, 0.2) is 57.7 Å². The summed E-state index contributed by atoms with van der Waals surface area (Å²) in [4.78, 5) is 28.5. The third kappa shape index (κ3) is 5.38. The topological polar surface area (TPSA) is 83.6 Å².